The predicted molar refractivity (Wildman–Crippen MR) is 98.5 cm³/mol. The fourth-order valence-corrected chi connectivity index (χ4v) is 3.17. The van der Waals surface area contributed by atoms with E-state index >= 15 is 0 Å². The highest BCUT2D eigenvalue weighted by Crippen LogP contribution is 2.20. The zero-order valence-corrected chi connectivity index (χ0v) is 14.4. The monoisotopic (exact) mass is 349 g/mol. The number of benzene rings is 2. The largest absolute Gasteiger partial charge is 0.459 e. The lowest BCUT2D eigenvalue weighted by Gasteiger charge is -2.12. The van der Waals surface area contributed by atoms with Crippen LogP contribution in [0.25, 0.3) is 16.0 Å². The molecule has 0 saturated carbocycles. The van der Waals surface area contributed by atoms with E-state index in [4.69, 9.17) is 4.74 Å². The van der Waals surface area contributed by atoms with Gasteiger partial charge in [0.1, 0.15) is 6.61 Å². The predicted octanol–water partition coefficient (Wildman–Crippen LogP) is 3.73. The van der Waals surface area contributed by atoms with Gasteiger partial charge in [-0.15, -0.1) is 11.3 Å². The summed E-state index contributed by atoms with van der Waals surface area (Å²) in [5.41, 5.74) is 2.63. The molecule has 0 fully saturated rings. The SMILES string of the molecule is Cc1ccc(COc2nc3ccccc3c(=O)n2-c2nccs2)cc1. The van der Waals surface area contributed by atoms with Crippen molar-refractivity contribution in [2.75, 3.05) is 0 Å². The fourth-order valence-electron chi connectivity index (χ4n) is 2.54. The Kier molecular flexibility index (Phi) is 4.03. The summed E-state index contributed by atoms with van der Waals surface area (Å²) in [6.07, 6.45) is 1.66. The summed E-state index contributed by atoms with van der Waals surface area (Å²) < 4.78 is 7.33. The zero-order chi connectivity index (χ0) is 17.2. The molecule has 0 aliphatic heterocycles. The Labute approximate surface area is 148 Å². The number of thiazole rings is 1. The maximum absolute atomic E-state index is 12.9. The Morgan fingerprint density at radius 1 is 1.12 bits per heavy atom. The van der Waals surface area contributed by atoms with Crippen LogP contribution in [0, 0.1) is 6.92 Å². The first kappa shape index (κ1) is 15.5. The molecule has 2 aromatic carbocycles. The van der Waals surface area contributed by atoms with Crippen LogP contribution in [-0.4, -0.2) is 14.5 Å². The lowest BCUT2D eigenvalue weighted by molar-refractivity contribution is 0.273. The first-order chi connectivity index (χ1) is 12.2. The highest BCUT2D eigenvalue weighted by atomic mass is 32.1. The van der Waals surface area contributed by atoms with Crippen LogP contribution in [0.3, 0.4) is 0 Å². The number of aryl methyl sites for hydroxylation is 1. The molecule has 2 aromatic heterocycles. The van der Waals surface area contributed by atoms with Crippen LogP contribution in [0.5, 0.6) is 6.01 Å². The van der Waals surface area contributed by atoms with Crippen molar-refractivity contribution in [3.63, 3.8) is 0 Å². The lowest BCUT2D eigenvalue weighted by atomic mass is 10.2. The second-order valence-corrected chi connectivity index (χ2v) is 6.51. The van der Waals surface area contributed by atoms with E-state index in [-0.39, 0.29) is 11.6 Å². The van der Waals surface area contributed by atoms with E-state index in [1.165, 1.54) is 21.5 Å². The molecule has 6 heteroatoms. The van der Waals surface area contributed by atoms with Gasteiger partial charge in [-0.25, -0.2) is 9.55 Å². The van der Waals surface area contributed by atoms with Crippen LogP contribution in [-0.2, 0) is 6.61 Å². The molecule has 2 heterocycles. The van der Waals surface area contributed by atoms with Gasteiger partial charge in [0.25, 0.3) is 5.56 Å². The van der Waals surface area contributed by atoms with Crippen LogP contribution in [0.4, 0.5) is 0 Å². The molecular weight excluding hydrogens is 334 g/mol. The number of aromatic nitrogens is 3. The van der Waals surface area contributed by atoms with Crippen molar-refractivity contribution in [2.24, 2.45) is 0 Å². The van der Waals surface area contributed by atoms with Crippen molar-refractivity contribution in [3.8, 4) is 11.1 Å². The fraction of sp³-hybridized carbons (Fsp3) is 0.105. The molecule has 0 aliphatic rings. The summed E-state index contributed by atoms with van der Waals surface area (Å²) in [7, 11) is 0. The van der Waals surface area contributed by atoms with Gasteiger partial charge in [0.15, 0.2) is 0 Å². The molecule has 25 heavy (non-hydrogen) atoms. The van der Waals surface area contributed by atoms with E-state index in [1.807, 2.05) is 54.8 Å². The number of ether oxygens (including phenoxy) is 1. The molecule has 0 N–H and O–H groups in total. The van der Waals surface area contributed by atoms with E-state index < -0.39 is 0 Å². The van der Waals surface area contributed by atoms with E-state index in [0.29, 0.717) is 22.6 Å². The van der Waals surface area contributed by atoms with Gasteiger partial charge in [-0.2, -0.15) is 4.98 Å². The smallest absolute Gasteiger partial charge is 0.306 e. The van der Waals surface area contributed by atoms with Crippen LogP contribution in [0.1, 0.15) is 11.1 Å². The Hall–Kier alpha value is -2.99. The molecule has 0 aliphatic carbocycles. The third kappa shape index (κ3) is 3.04. The first-order valence-corrected chi connectivity index (χ1v) is 8.70. The molecular formula is C19H15N3O2S. The summed E-state index contributed by atoms with van der Waals surface area (Å²) in [5.74, 6) is 0. The van der Waals surface area contributed by atoms with Crippen molar-refractivity contribution in [1.29, 1.82) is 0 Å². The van der Waals surface area contributed by atoms with E-state index in [0.717, 1.165) is 5.56 Å². The van der Waals surface area contributed by atoms with Gasteiger partial charge in [-0.3, -0.25) is 4.79 Å². The molecule has 124 valence electrons. The Bertz CT molecular complexity index is 1070. The molecule has 0 radical (unpaired) electrons. The van der Waals surface area contributed by atoms with Gasteiger partial charge < -0.3 is 4.74 Å². The van der Waals surface area contributed by atoms with Crippen molar-refractivity contribution in [2.45, 2.75) is 13.5 Å². The molecule has 0 spiro atoms. The van der Waals surface area contributed by atoms with Crippen molar-refractivity contribution in [1.82, 2.24) is 14.5 Å². The van der Waals surface area contributed by atoms with Gasteiger partial charge in [0.2, 0.25) is 5.13 Å². The van der Waals surface area contributed by atoms with E-state index in [2.05, 4.69) is 9.97 Å². The first-order valence-electron chi connectivity index (χ1n) is 7.82. The number of rotatable bonds is 4. The van der Waals surface area contributed by atoms with E-state index in [1.54, 1.807) is 12.3 Å². The molecule has 4 aromatic rings. The summed E-state index contributed by atoms with van der Waals surface area (Å²) in [6.45, 7) is 2.37. The highest BCUT2D eigenvalue weighted by Gasteiger charge is 2.15. The Morgan fingerprint density at radius 3 is 2.68 bits per heavy atom. The average Bonchev–Trinajstić information content (AvgIpc) is 3.15. The van der Waals surface area contributed by atoms with Crippen molar-refractivity contribution in [3.05, 3.63) is 81.6 Å². The molecule has 0 atom stereocenters. The average molecular weight is 349 g/mol. The highest BCUT2D eigenvalue weighted by molar-refractivity contribution is 7.12. The molecule has 0 saturated heterocycles. The lowest BCUT2D eigenvalue weighted by Crippen LogP contribution is -2.22. The van der Waals surface area contributed by atoms with Crippen LogP contribution < -0.4 is 10.3 Å². The Morgan fingerprint density at radius 2 is 1.92 bits per heavy atom. The van der Waals surface area contributed by atoms with Gasteiger partial charge in [0, 0.05) is 11.6 Å². The minimum atomic E-state index is -0.181. The van der Waals surface area contributed by atoms with Crippen LogP contribution >= 0.6 is 11.3 Å². The Balaban J connectivity index is 1.79. The number of fused-ring (bicyclic) bond motifs is 1. The normalized spacial score (nSPS) is 10.9. The minimum absolute atomic E-state index is 0.181. The summed E-state index contributed by atoms with van der Waals surface area (Å²) in [6, 6.07) is 15.6. The summed E-state index contributed by atoms with van der Waals surface area (Å²) >= 11 is 1.37. The molecule has 5 nitrogen and oxygen atoms in total. The summed E-state index contributed by atoms with van der Waals surface area (Å²) in [4.78, 5) is 21.7. The van der Waals surface area contributed by atoms with E-state index in [9.17, 15) is 4.79 Å². The molecule has 0 unspecified atom stereocenters. The number of hydrogen-bond donors (Lipinski definition) is 0. The van der Waals surface area contributed by atoms with Crippen LogP contribution in [0.2, 0.25) is 0 Å². The third-order valence-electron chi connectivity index (χ3n) is 3.84. The molecule has 4 rings (SSSR count). The summed E-state index contributed by atoms with van der Waals surface area (Å²) in [5, 5.41) is 2.91. The van der Waals surface area contributed by atoms with Crippen molar-refractivity contribution < 1.29 is 4.74 Å². The van der Waals surface area contributed by atoms with Crippen LogP contribution in [0.15, 0.2) is 64.9 Å². The second-order valence-electron chi connectivity index (χ2n) is 5.64. The quantitative estimate of drug-likeness (QED) is 0.563. The van der Waals surface area contributed by atoms with Gasteiger partial charge >= 0.3 is 6.01 Å². The van der Waals surface area contributed by atoms with Gasteiger partial charge in [-0.05, 0) is 24.6 Å². The number of nitrogens with zero attached hydrogens (tertiary/aromatic N) is 3. The van der Waals surface area contributed by atoms with Gasteiger partial charge in [-0.1, -0.05) is 42.0 Å². The molecule has 0 amide bonds. The third-order valence-corrected chi connectivity index (χ3v) is 4.60. The maximum Gasteiger partial charge on any atom is 0.306 e. The number of hydrogen-bond acceptors (Lipinski definition) is 5. The zero-order valence-electron chi connectivity index (χ0n) is 13.5. The second kappa shape index (κ2) is 6.49. The number of para-hydroxylation sites is 1. The van der Waals surface area contributed by atoms with Crippen molar-refractivity contribution >= 4 is 22.2 Å². The van der Waals surface area contributed by atoms with Gasteiger partial charge in [0.05, 0.1) is 10.9 Å². The topological polar surface area (TPSA) is 57.0 Å². The minimum Gasteiger partial charge on any atom is -0.459 e. The maximum atomic E-state index is 12.9. The molecule has 0 bridgehead atoms. The standard InChI is InChI=1S/C19H15N3O2S/c1-13-6-8-14(9-7-13)12-24-18-21-16-5-3-2-4-15(16)17(23)22(18)19-20-10-11-25-19/h2-11H,12H2,1H3.